The summed E-state index contributed by atoms with van der Waals surface area (Å²) in [5, 5.41) is 8.84. The highest BCUT2D eigenvalue weighted by molar-refractivity contribution is 5.16. The Morgan fingerprint density at radius 1 is 1.15 bits per heavy atom. The Hall–Kier alpha value is -1.64. The zero-order valence-corrected chi connectivity index (χ0v) is 12.0. The summed E-state index contributed by atoms with van der Waals surface area (Å²) in [5.41, 5.74) is 1.83. The third kappa shape index (κ3) is 2.05. The van der Waals surface area contributed by atoms with Crippen LogP contribution >= 0.6 is 0 Å². The average molecular weight is 267 g/mol. The number of benzene rings is 1. The highest BCUT2D eigenvalue weighted by Crippen LogP contribution is 2.50. The number of nitrogens with zero attached hydrogens (tertiary/aromatic N) is 3. The molecular weight excluding hydrogens is 246 g/mol. The Kier molecular flexibility index (Phi) is 2.69. The van der Waals surface area contributed by atoms with Crippen molar-refractivity contribution in [1.82, 2.24) is 14.8 Å². The molecule has 1 aromatic carbocycles. The summed E-state index contributed by atoms with van der Waals surface area (Å²) < 4.78 is 2.39. The van der Waals surface area contributed by atoms with Crippen LogP contribution in [0.25, 0.3) is 0 Å². The van der Waals surface area contributed by atoms with Gasteiger partial charge in [-0.3, -0.25) is 0 Å². The number of aryl methyl sites for hydroxylation is 2. The Labute approximate surface area is 120 Å². The van der Waals surface area contributed by atoms with Crippen molar-refractivity contribution in [3.05, 3.63) is 47.5 Å². The molecule has 4 rings (SSSR count). The van der Waals surface area contributed by atoms with E-state index in [-0.39, 0.29) is 0 Å². The van der Waals surface area contributed by atoms with Gasteiger partial charge in [-0.2, -0.15) is 0 Å². The third-order valence-electron chi connectivity index (χ3n) is 5.03. The Balaban J connectivity index is 1.49. The topological polar surface area (TPSA) is 30.7 Å². The van der Waals surface area contributed by atoms with E-state index in [1.54, 1.807) is 0 Å². The second kappa shape index (κ2) is 4.44. The first-order valence-electron chi connectivity index (χ1n) is 7.69. The average Bonchev–Trinajstić information content (AvgIpc) is 3.18. The monoisotopic (exact) mass is 267 g/mol. The molecule has 3 nitrogen and oxygen atoms in total. The fourth-order valence-electron chi connectivity index (χ4n) is 3.60. The lowest BCUT2D eigenvalue weighted by molar-refractivity contribution is 0.263. The van der Waals surface area contributed by atoms with Gasteiger partial charge >= 0.3 is 0 Å². The minimum Gasteiger partial charge on any atom is -0.314 e. The van der Waals surface area contributed by atoms with Crippen LogP contribution in [-0.4, -0.2) is 14.8 Å². The lowest BCUT2D eigenvalue weighted by Gasteiger charge is -2.22. The van der Waals surface area contributed by atoms with Crippen LogP contribution in [0.15, 0.2) is 30.3 Å². The molecule has 2 heterocycles. The van der Waals surface area contributed by atoms with Gasteiger partial charge in [0.15, 0.2) is 0 Å². The Bertz CT molecular complexity index is 612. The molecule has 1 aliphatic heterocycles. The van der Waals surface area contributed by atoms with Crippen LogP contribution in [0.1, 0.15) is 37.0 Å². The minimum absolute atomic E-state index is 0.451. The van der Waals surface area contributed by atoms with E-state index in [9.17, 15) is 0 Å². The first kappa shape index (κ1) is 12.1. The summed E-state index contributed by atoms with van der Waals surface area (Å²) in [6.07, 6.45) is 6.00. The van der Waals surface area contributed by atoms with Gasteiger partial charge in [0.2, 0.25) is 0 Å². The number of hydrogen-bond acceptors (Lipinski definition) is 2. The number of aromatic nitrogens is 3. The Morgan fingerprint density at radius 2 is 1.95 bits per heavy atom. The van der Waals surface area contributed by atoms with Gasteiger partial charge in [-0.15, -0.1) is 10.2 Å². The van der Waals surface area contributed by atoms with Crippen molar-refractivity contribution in [2.45, 2.75) is 45.6 Å². The molecule has 0 amide bonds. The molecule has 1 aromatic heterocycles. The normalized spacial score (nSPS) is 24.9. The van der Waals surface area contributed by atoms with E-state index < -0.39 is 0 Å². The maximum atomic E-state index is 4.43. The standard InChI is InChI=1S/C17H21N3/c1-17(14-8-9-14)11-16-19-18-15(20(16)12-17)10-7-13-5-3-2-4-6-13/h2-6,14H,7-12H2,1H3. The molecule has 1 fully saturated rings. The minimum atomic E-state index is 0.451. The van der Waals surface area contributed by atoms with E-state index in [0.29, 0.717) is 5.41 Å². The van der Waals surface area contributed by atoms with Crippen molar-refractivity contribution in [3.8, 4) is 0 Å². The van der Waals surface area contributed by atoms with Gasteiger partial charge in [0.25, 0.3) is 0 Å². The molecule has 20 heavy (non-hydrogen) atoms. The first-order chi connectivity index (χ1) is 9.74. The van der Waals surface area contributed by atoms with E-state index in [2.05, 4.69) is 52.0 Å². The molecule has 0 radical (unpaired) electrons. The fourth-order valence-corrected chi connectivity index (χ4v) is 3.60. The molecule has 2 aliphatic rings. The van der Waals surface area contributed by atoms with Crippen LogP contribution in [0.4, 0.5) is 0 Å². The van der Waals surface area contributed by atoms with E-state index >= 15 is 0 Å². The van der Waals surface area contributed by atoms with Gasteiger partial charge in [-0.25, -0.2) is 0 Å². The van der Waals surface area contributed by atoms with E-state index in [1.165, 1.54) is 30.1 Å². The molecule has 1 saturated carbocycles. The van der Waals surface area contributed by atoms with Crippen molar-refractivity contribution in [3.63, 3.8) is 0 Å². The second-order valence-corrected chi connectivity index (χ2v) is 6.71. The van der Waals surface area contributed by atoms with Gasteiger partial charge in [0, 0.05) is 19.4 Å². The van der Waals surface area contributed by atoms with Crippen LogP contribution < -0.4 is 0 Å². The Morgan fingerprint density at radius 3 is 2.70 bits per heavy atom. The van der Waals surface area contributed by atoms with Crippen LogP contribution in [0.2, 0.25) is 0 Å². The molecule has 2 aromatic rings. The smallest absolute Gasteiger partial charge is 0.133 e. The highest BCUT2D eigenvalue weighted by Gasteiger charge is 2.46. The summed E-state index contributed by atoms with van der Waals surface area (Å²) >= 11 is 0. The molecule has 1 aliphatic carbocycles. The van der Waals surface area contributed by atoms with Crippen molar-refractivity contribution in [2.75, 3.05) is 0 Å². The largest absolute Gasteiger partial charge is 0.314 e. The molecule has 104 valence electrons. The summed E-state index contributed by atoms with van der Waals surface area (Å²) in [5.74, 6) is 3.31. The van der Waals surface area contributed by atoms with Gasteiger partial charge in [0.05, 0.1) is 0 Å². The van der Waals surface area contributed by atoms with Gasteiger partial charge < -0.3 is 4.57 Å². The quantitative estimate of drug-likeness (QED) is 0.852. The van der Waals surface area contributed by atoms with Crippen molar-refractivity contribution in [2.24, 2.45) is 11.3 Å². The fraction of sp³-hybridized carbons (Fsp3) is 0.529. The van der Waals surface area contributed by atoms with Crippen LogP contribution in [0.5, 0.6) is 0 Å². The first-order valence-corrected chi connectivity index (χ1v) is 7.69. The molecule has 0 N–H and O–H groups in total. The molecule has 3 heteroatoms. The number of rotatable bonds is 4. The second-order valence-electron chi connectivity index (χ2n) is 6.71. The van der Waals surface area contributed by atoms with E-state index in [0.717, 1.165) is 31.7 Å². The zero-order chi connectivity index (χ0) is 13.6. The SMILES string of the molecule is CC1(C2CC2)Cc2nnc(CCc3ccccc3)n2C1. The molecule has 1 atom stereocenters. The highest BCUT2D eigenvalue weighted by atomic mass is 15.3. The van der Waals surface area contributed by atoms with Crippen molar-refractivity contribution in [1.29, 1.82) is 0 Å². The van der Waals surface area contributed by atoms with Crippen LogP contribution in [-0.2, 0) is 25.8 Å². The number of hydrogen-bond donors (Lipinski definition) is 0. The predicted octanol–water partition coefficient (Wildman–Crippen LogP) is 3.04. The van der Waals surface area contributed by atoms with Gasteiger partial charge in [-0.1, -0.05) is 37.3 Å². The zero-order valence-electron chi connectivity index (χ0n) is 12.0. The van der Waals surface area contributed by atoms with Crippen molar-refractivity contribution >= 4 is 0 Å². The maximum Gasteiger partial charge on any atom is 0.133 e. The summed E-state index contributed by atoms with van der Waals surface area (Å²) in [6.45, 7) is 3.56. The predicted molar refractivity (Wildman–Crippen MR) is 78.4 cm³/mol. The summed E-state index contributed by atoms with van der Waals surface area (Å²) in [7, 11) is 0. The van der Waals surface area contributed by atoms with E-state index in [4.69, 9.17) is 0 Å². The van der Waals surface area contributed by atoms with Gasteiger partial charge in [0.1, 0.15) is 11.6 Å². The summed E-state index contributed by atoms with van der Waals surface area (Å²) in [6, 6.07) is 10.7. The van der Waals surface area contributed by atoms with Crippen LogP contribution in [0.3, 0.4) is 0 Å². The molecule has 0 spiro atoms. The third-order valence-corrected chi connectivity index (χ3v) is 5.03. The van der Waals surface area contributed by atoms with E-state index in [1.807, 2.05) is 0 Å². The van der Waals surface area contributed by atoms with Gasteiger partial charge in [-0.05, 0) is 36.2 Å². The van der Waals surface area contributed by atoms with Crippen LogP contribution in [0, 0.1) is 11.3 Å². The van der Waals surface area contributed by atoms with Crippen molar-refractivity contribution < 1.29 is 0 Å². The number of fused-ring (bicyclic) bond motifs is 1. The molecular formula is C17H21N3. The molecule has 0 bridgehead atoms. The molecule has 0 saturated heterocycles. The molecule has 1 unspecified atom stereocenters. The lowest BCUT2D eigenvalue weighted by atomic mass is 9.83. The lowest BCUT2D eigenvalue weighted by Crippen LogP contribution is -2.21. The maximum absolute atomic E-state index is 4.43. The summed E-state index contributed by atoms with van der Waals surface area (Å²) in [4.78, 5) is 0.